The second-order valence-corrected chi connectivity index (χ2v) is 5.05. The minimum Gasteiger partial charge on any atom is -0.334 e. The molecule has 106 valence electrons. The highest BCUT2D eigenvalue weighted by atomic mass is 19.1. The van der Waals surface area contributed by atoms with Gasteiger partial charge in [-0.3, -0.25) is 4.90 Å². The van der Waals surface area contributed by atoms with E-state index in [4.69, 9.17) is 4.52 Å². The van der Waals surface area contributed by atoms with Gasteiger partial charge < -0.3 is 9.84 Å². The maximum Gasteiger partial charge on any atom is 0.257 e. The van der Waals surface area contributed by atoms with Crippen LogP contribution in [0.4, 0.5) is 4.39 Å². The van der Waals surface area contributed by atoms with Crippen molar-refractivity contribution >= 4 is 0 Å². The zero-order valence-electron chi connectivity index (χ0n) is 11.3. The van der Waals surface area contributed by atoms with Crippen molar-refractivity contribution in [1.29, 1.82) is 0 Å². The Labute approximate surface area is 116 Å². The number of nitrogens with zero attached hydrogens (tertiary/aromatic N) is 3. The van der Waals surface area contributed by atoms with Crippen molar-refractivity contribution in [3.05, 3.63) is 35.9 Å². The first-order valence-electron chi connectivity index (χ1n) is 6.75. The van der Waals surface area contributed by atoms with E-state index in [1.165, 1.54) is 12.1 Å². The zero-order valence-corrected chi connectivity index (χ0v) is 11.3. The van der Waals surface area contributed by atoms with Gasteiger partial charge in [0.25, 0.3) is 5.89 Å². The molecular weight excluding hydrogens is 259 g/mol. The summed E-state index contributed by atoms with van der Waals surface area (Å²) in [5.41, 5.74) is 0.735. The Balaban J connectivity index is 1.71. The molecule has 0 amide bonds. The van der Waals surface area contributed by atoms with Crippen molar-refractivity contribution in [3.63, 3.8) is 0 Å². The topological polar surface area (TPSA) is 54.2 Å². The maximum absolute atomic E-state index is 12.9. The Morgan fingerprint density at radius 3 is 2.95 bits per heavy atom. The number of benzene rings is 1. The number of halogens is 1. The molecule has 1 aliphatic heterocycles. The van der Waals surface area contributed by atoms with E-state index in [1.807, 2.05) is 0 Å². The van der Waals surface area contributed by atoms with Crippen molar-refractivity contribution in [3.8, 4) is 11.5 Å². The summed E-state index contributed by atoms with van der Waals surface area (Å²) in [6.07, 6.45) is 0. The van der Waals surface area contributed by atoms with Gasteiger partial charge in [0.05, 0.1) is 6.54 Å². The van der Waals surface area contributed by atoms with Crippen LogP contribution in [-0.4, -0.2) is 40.7 Å². The minimum atomic E-state index is -0.275. The van der Waals surface area contributed by atoms with Gasteiger partial charge in [0.15, 0.2) is 5.82 Å². The normalized spacial score (nSPS) is 20.2. The first-order chi connectivity index (χ1) is 9.72. The van der Waals surface area contributed by atoms with Crippen molar-refractivity contribution in [2.75, 3.05) is 19.6 Å². The molecule has 1 fully saturated rings. The molecule has 1 aromatic heterocycles. The summed E-state index contributed by atoms with van der Waals surface area (Å²) in [4.78, 5) is 6.69. The lowest BCUT2D eigenvalue weighted by Crippen LogP contribution is -2.49. The lowest BCUT2D eigenvalue weighted by Gasteiger charge is -2.32. The quantitative estimate of drug-likeness (QED) is 0.924. The summed E-state index contributed by atoms with van der Waals surface area (Å²) < 4.78 is 18.1. The summed E-state index contributed by atoms with van der Waals surface area (Å²) in [5.74, 6) is 0.823. The third-order valence-corrected chi connectivity index (χ3v) is 3.54. The minimum absolute atomic E-state index is 0.275. The van der Waals surface area contributed by atoms with E-state index in [1.54, 1.807) is 12.1 Å². The molecule has 1 saturated heterocycles. The predicted octanol–water partition coefficient (Wildman–Crippen LogP) is 1.67. The molecule has 2 aromatic rings. The van der Waals surface area contributed by atoms with Crippen LogP contribution in [-0.2, 0) is 6.54 Å². The van der Waals surface area contributed by atoms with E-state index >= 15 is 0 Å². The highest BCUT2D eigenvalue weighted by Crippen LogP contribution is 2.18. The third kappa shape index (κ3) is 2.86. The van der Waals surface area contributed by atoms with Crippen LogP contribution in [0.15, 0.2) is 28.8 Å². The molecule has 1 N–H and O–H groups in total. The molecule has 0 bridgehead atoms. The fourth-order valence-corrected chi connectivity index (χ4v) is 2.33. The molecular formula is C14H17FN4O. The van der Waals surface area contributed by atoms with Crippen LogP contribution < -0.4 is 5.32 Å². The average molecular weight is 276 g/mol. The van der Waals surface area contributed by atoms with E-state index in [9.17, 15) is 4.39 Å². The molecule has 0 radical (unpaired) electrons. The summed E-state index contributed by atoms with van der Waals surface area (Å²) in [7, 11) is 0. The van der Waals surface area contributed by atoms with Gasteiger partial charge in [-0.1, -0.05) is 5.16 Å². The van der Waals surface area contributed by atoms with Crippen molar-refractivity contribution in [1.82, 2.24) is 20.4 Å². The van der Waals surface area contributed by atoms with E-state index in [0.29, 0.717) is 24.3 Å². The molecule has 3 rings (SSSR count). The van der Waals surface area contributed by atoms with Crippen LogP contribution in [0.1, 0.15) is 12.7 Å². The standard InChI is InChI=1S/C14H17FN4O/c1-10-8-16-6-7-19(10)9-13-17-14(20-18-13)11-2-4-12(15)5-3-11/h2-5,10,16H,6-9H2,1H3/t10-/m0/s1. The Kier molecular flexibility index (Phi) is 3.75. The van der Waals surface area contributed by atoms with Crippen LogP contribution in [0.2, 0.25) is 0 Å². The summed E-state index contributed by atoms with van der Waals surface area (Å²) in [5, 5.41) is 7.35. The average Bonchev–Trinajstić information content (AvgIpc) is 2.91. The maximum atomic E-state index is 12.9. The molecule has 0 unspecified atom stereocenters. The summed E-state index contributed by atoms with van der Waals surface area (Å²) in [6.45, 7) is 5.78. The smallest absolute Gasteiger partial charge is 0.257 e. The van der Waals surface area contributed by atoms with Crippen LogP contribution in [0, 0.1) is 5.82 Å². The van der Waals surface area contributed by atoms with Crippen molar-refractivity contribution < 1.29 is 8.91 Å². The number of rotatable bonds is 3. The molecule has 0 spiro atoms. The van der Waals surface area contributed by atoms with Crippen molar-refractivity contribution in [2.24, 2.45) is 0 Å². The second-order valence-electron chi connectivity index (χ2n) is 5.05. The number of nitrogens with one attached hydrogen (secondary N) is 1. The molecule has 20 heavy (non-hydrogen) atoms. The number of piperazine rings is 1. The fourth-order valence-electron chi connectivity index (χ4n) is 2.33. The Hall–Kier alpha value is -1.79. The molecule has 0 aliphatic carbocycles. The number of aromatic nitrogens is 2. The molecule has 6 heteroatoms. The highest BCUT2D eigenvalue weighted by molar-refractivity contribution is 5.52. The zero-order chi connectivity index (χ0) is 13.9. The van der Waals surface area contributed by atoms with Gasteiger partial charge >= 0.3 is 0 Å². The van der Waals surface area contributed by atoms with E-state index in [2.05, 4.69) is 27.3 Å². The monoisotopic (exact) mass is 276 g/mol. The largest absolute Gasteiger partial charge is 0.334 e. The second kappa shape index (κ2) is 5.68. The molecule has 2 heterocycles. The Morgan fingerprint density at radius 2 is 2.20 bits per heavy atom. The molecule has 1 aliphatic rings. The lowest BCUT2D eigenvalue weighted by molar-refractivity contribution is 0.160. The Morgan fingerprint density at radius 1 is 1.40 bits per heavy atom. The van der Waals surface area contributed by atoms with Crippen LogP contribution in [0.3, 0.4) is 0 Å². The van der Waals surface area contributed by atoms with E-state index in [0.717, 1.165) is 25.2 Å². The van der Waals surface area contributed by atoms with Crippen LogP contribution in [0.5, 0.6) is 0 Å². The van der Waals surface area contributed by atoms with Crippen LogP contribution >= 0.6 is 0 Å². The van der Waals surface area contributed by atoms with E-state index in [-0.39, 0.29) is 5.82 Å². The number of hydrogen-bond donors (Lipinski definition) is 1. The van der Waals surface area contributed by atoms with Gasteiger partial charge in [-0.05, 0) is 31.2 Å². The van der Waals surface area contributed by atoms with Gasteiger partial charge in [0.1, 0.15) is 5.82 Å². The molecule has 0 saturated carbocycles. The third-order valence-electron chi connectivity index (χ3n) is 3.54. The molecule has 5 nitrogen and oxygen atoms in total. The van der Waals surface area contributed by atoms with Crippen molar-refractivity contribution in [2.45, 2.75) is 19.5 Å². The van der Waals surface area contributed by atoms with Gasteiger partial charge in [-0.15, -0.1) is 0 Å². The Bertz CT molecular complexity index is 569. The first kappa shape index (κ1) is 13.2. The predicted molar refractivity (Wildman–Crippen MR) is 72.4 cm³/mol. The fraction of sp³-hybridized carbons (Fsp3) is 0.429. The SMILES string of the molecule is C[C@H]1CNCCN1Cc1noc(-c2ccc(F)cc2)n1. The molecule has 1 atom stereocenters. The highest BCUT2D eigenvalue weighted by Gasteiger charge is 2.20. The lowest BCUT2D eigenvalue weighted by atomic mass is 10.2. The first-order valence-corrected chi connectivity index (χ1v) is 6.75. The summed E-state index contributed by atoms with van der Waals surface area (Å²) >= 11 is 0. The molecule has 1 aromatic carbocycles. The van der Waals surface area contributed by atoms with Crippen LogP contribution in [0.25, 0.3) is 11.5 Å². The number of hydrogen-bond acceptors (Lipinski definition) is 5. The van der Waals surface area contributed by atoms with Gasteiger partial charge in [0, 0.05) is 31.2 Å². The van der Waals surface area contributed by atoms with Gasteiger partial charge in [0.2, 0.25) is 0 Å². The van der Waals surface area contributed by atoms with E-state index < -0.39 is 0 Å². The van der Waals surface area contributed by atoms with Gasteiger partial charge in [-0.25, -0.2) is 4.39 Å². The summed E-state index contributed by atoms with van der Waals surface area (Å²) in [6, 6.07) is 6.51. The van der Waals surface area contributed by atoms with Gasteiger partial charge in [-0.2, -0.15) is 4.98 Å².